The number of amides is 1. The molecule has 92 valence electrons. The Balaban J connectivity index is 2.21. The number of benzene rings is 1. The fraction of sp³-hybridized carbons (Fsp3) is 0.308. The summed E-state index contributed by atoms with van der Waals surface area (Å²) in [5.41, 5.74) is 0.617. The van der Waals surface area contributed by atoms with Crippen LogP contribution in [0.15, 0.2) is 36.9 Å². The van der Waals surface area contributed by atoms with Crippen molar-refractivity contribution in [1.82, 2.24) is 10.6 Å². The van der Waals surface area contributed by atoms with Gasteiger partial charge in [-0.1, -0.05) is 24.3 Å². The first-order valence-corrected chi connectivity index (χ1v) is 5.55. The predicted octanol–water partition coefficient (Wildman–Crippen LogP) is 1.26. The Labute approximate surface area is 101 Å². The standard InChI is InChI=1S/C13H17FN2O/c1-2-8-15-10-13(17)16-9-7-11-5-3-4-6-12(11)14/h2-6,15H,1,7-10H2,(H,16,17). The second kappa shape index (κ2) is 7.57. The lowest BCUT2D eigenvalue weighted by Gasteiger charge is -2.06. The summed E-state index contributed by atoms with van der Waals surface area (Å²) in [5.74, 6) is -0.324. The molecule has 0 atom stereocenters. The van der Waals surface area contributed by atoms with E-state index in [0.29, 0.717) is 25.1 Å². The Morgan fingerprint density at radius 1 is 1.41 bits per heavy atom. The molecule has 0 radical (unpaired) electrons. The van der Waals surface area contributed by atoms with E-state index in [9.17, 15) is 9.18 Å². The third-order valence-corrected chi connectivity index (χ3v) is 2.25. The minimum Gasteiger partial charge on any atom is -0.355 e. The third kappa shape index (κ3) is 5.26. The highest BCUT2D eigenvalue weighted by Crippen LogP contribution is 2.05. The van der Waals surface area contributed by atoms with Crippen molar-refractivity contribution in [2.45, 2.75) is 6.42 Å². The number of hydrogen-bond acceptors (Lipinski definition) is 2. The first kappa shape index (κ1) is 13.4. The van der Waals surface area contributed by atoms with Crippen LogP contribution in [0.2, 0.25) is 0 Å². The zero-order valence-electron chi connectivity index (χ0n) is 9.71. The Morgan fingerprint density at radius 2 is 2.18 bits per heavy atom. The fourth-order valence-electron chi connectivity index (χ4n) is 1.39. The van der Waals surface area contributed by atoms with Gasteiger partial charge in [0, 0.05) is 13.1 Å². The SMILES string of the molecule is C=CCNCC(=O)NCCc1ccccc1F. The van der Waals surface area contributed by atoms with E-state index in [1.54, 1.807) is 24.3 Å². The summed E-state index contributed by atoms with van der Waals surface area (Å²) in [6, 6.07) is 6.57. The molecule has 0 spiro atoms. The van der Waals surface area contributed by atoms with Crippen molar-refractivity contribution >= 4 is 5.91 Å². The van der Waals surface area contributed by atoms with Crippen LogP contribution in [0.4, 0.5) is 4.39 Å². The first-order valence-electron chi connectivity index (χ1n) is 5.55. The molecule has 4 heteroatoms. The zero-order valence-corrected chi connectivity index (χ0v) is 9.71. The molecule has 0 aromatic heterocycles. The molecule has 0 saturated heterocycles. The van der Waals surface area contributed by atoms with Crippen LogP contribution in [-0.4, -0.2) is 25.5 Å². The van der Waals surface area contributed by atoms with E-state index in [1.807, 2.05) is 0 Å². The monoisotopic (exact) mass is 236 g/mol. The lowest BCUT2D eigenvalue weighted by Crippen LogP contribution is -2.35. The Hall–Kier alpha value is -1.68. The lowest BCUT2D eigenvalue weighted by atomic mass is 10.1. The summed E-state index contributed by atoms with van der Waals surface area (Å²) in [7, 11) is 0. The molecule has 0 saturated carbocycles. The van der Waals surface area contributed by atoms with Gasteiger partial charge in [0.15, 0.2) is 0 Å². The lowest BCUT2D eigenvalue weighted by molar-refractivity contribution is -0.120. The van der Waals surface area contributed by atoms with Gasteiger partial charge in [-0.05, 0) is 18.1 Å². The summed E-state index contributed by atoms with van der Waals surface area (Å²) in [6.45, 7) is 4.82. The van der Waals surface area contributed by atoms with Crippen LogP contribution in [-0.2, 0) is 11.2 Å². The van der Waals surface area contributed by atoms with Gasteiger partial charge in [0.1, 0.15) is 5.82 Å². The maximum Gasteiger partial charge on any atom is 0.233 e. The van der Waals surface area contributed by atoms with E-state index >= 15 is 0 Å². The zero-order chi connectivity index (χ0) is 12.5. The third-order valence-electron chi connectivity index (χ3n) is 2.25. The van der Waals surface area contributed by atoms with E-state index < -0.39 is 0 Å². The number of carbonyl (C=O) groups excluding carboxylic acids is 1. The Kier molecular flexibility index (Phi) is 5.96. The second-order valence-corrected chi connectivity index (χ2v) is 3.61. The summed E-state index contributed by atoms with van der Waals surface area (Å²) >= 11 is 0. The number of halogens is 1. The number of carbonyl (C=O) groups is 1. The van der Waals surface area contributed by atoms with Gasteiger partial charge < -0.3 is 10.6 Å². The molecular formula is C13H17FN2O. The first-order chi connectivity index (χ1) is 8.24. The fourth-order valence-corrected chi connectivity index (χ4v) is 1.39. The topological polar surface area (TPSA) is 41.1 Å². The average molecular weight is 236 g/mol. The van der Waals surface area contributed by atoms with E-state index in [1.165, 1.54) is 6.07 Å². The number of hydrogen-bond donors (Lipinski definition) is 2. The molecule has 1 aromatic carbocycles. The van der Waals surface area contributed by atoms with Crippen LogP contribution in [0.5, 0.6) is 0 Å². The molecule has 0 aliphatic heterocycles. The normalized spacial score (nSPS) is 9.94. The Morgan fingerprint density at radius 3 is 2.88 bits per heavy atom. The molecule has 1 aromatic rings. The predicted molar refractivity (Wildman–Crippen MR) is 66.2 cm³/mol. The molecule has 0 bridgehead atoms. The van der Waals surface area contributed by atoms with Crippen LogP contribution in [0.1, 0.15) is 5.56 Å². The minimum atomic E-state index is -0.230. The van der Waals surface area contributed by atoms with Crippen molar-refractivity contribution in [2.75, 3.05) is 19.6 Å². The van der Waals surface area contributed by atoms with Gasteiger partial charge in [-0.3, -0.25) is 4.79 Å². The van der Waals surface area contributed by atoms with Gasteiger partial charge in [0.25, 0.3) is 0 Å². The van der Waals surface area contributed by atoms with Crippen molar-refractivity contribution in [3.63, 3.8) is 0 Å². The maximum atomic E-state index is 13.2. The molecule has 3 nitrogen and oxygen atoms in total. The molecule has 17 heavy (non-hydrogen) atoms. The summed E-state index contributed by atoms with van der Waals surface area (Å²) in [6.07, 6.45) is 2.19. The highest BCUT2D eigenvalue weighted by Gasteiger charge is 2.02. The van der Waals surface area contributed by atoms with E-state index in [2.05, 4.69) is 17.2 Å². The van der Waals surface area contributed by atoms with Gasteiger partial charge >= 0.3 is 0 Å². The van der Waals surface area contributed by atoms with Crippen LogP contribution >= 0.6 is 0 Å². The highest BCUT2D eigenvalue weighted by atomic mass is 19.1. The summed E-state index contributed by atoms with van der Waals surface area (Å²) < 4.78 is 13.2. The van der Waals surface area contributed by atoms with E-state index in [-0.39, 0.29) is 18.3 Å². The van der Waals surface area contributed by atoms with E-state index in [0.717, 1.165) is 0 Å². The van der Waals surface area contributed by atoms with Gasteiger partial charge in [-0.2, -0.15) is 0 Å². The molecule has 0 unspecified atom stereocenters. The maximum absolute atomic E-state index is 13.2. The highest BCUT2D eigenvalue weighted by molar-refractivity contribution is 5.77. The summed E-state index contributed by atoms with van der Waals surface area (Å²) in [5, 5.41) is 5.61. The molecule has 0 heterocycles. The molecule has 0 aliphatic carbocycles. The van der Waals surface area contributed by atoms with Crippen molar-refractivity contribution < 1.29 is 9.18 Å². The Bertz CT molecular complexity index is 379. The van der Waals surface area contributed by atoms with Crippen molar-refractivity contribution in [3.05, 3.63) is 48.3 Å². The van der Waals surface area contributed by atoms with Crippen LogP contribution < -0.4 is 10.6 Å². The van der Waals surface area contributed by atoms with Gasteiger partial charge in [0.2, 0.25) is 5.91 Å². The average Bonchev–Trinajstić information content (AvgIpc) is 2.32. The molecule has 1 rings (SSSR count). The van der Waals surface area contributed by atoms with Crippen molar-refractivity contribution in [2.24, 2.45) is 0 Å². The van der Waals surface area contributed by atoms with Crippen molar-refractivity contribution in [3.8, 4) is 0 Å². The van der Waals surface area contributed by atoms with Crippen LogP contribution in [0.3, 0.4) is 0 Å². The second-order valence-electron chi connectivity index (χ2n) is 3.61. The molecule has 1 amide bonds. The smallest absolute Gasteiger partial charge is 0.233 e. The molecule has 0 aliphatic rings. The van der Waals surface area contributed by atoms with Gasteiger partial charge in [-0.25, -0.2) is 4.39 Å². The van der Waals surface area contributed by atoms with Gasteiger partial charge in [-0.15, -0.1) is 6.58 Å². The molecule has 2 N–H and O–H groups in total. The van der Waals surface area contributed by atoms with E-state index in [4.69, 9.17) is 0 Å². The van der Waals surface area contributed by atoms with Crippen LogP contribution in [0, 0.1) is 5.82 Å². The van der Waals surface area contributed by atoms with Crippen LogP contribution in [0.25, 0.3) is 0 Å². The van der Waals surface area contributed by atoms with Gasteiger partial charge in [0.05, 0.1) is 6.54 Å². The quantitative estimate of drug-likeness (QED) is 0.553. The molecule has 0 fully saturated rings. The minimum absolute atomic E-state index is 0.0943. The number of rotatable bonds is 7. The number of nitrogens with one attached hydrogen (secondary N) is 2. The van der Waals surface area contributed by atoms with Crippen molar-refractivity contribution in [1.29, 1.82) is 0 Å². The summed E-state index contributed by atoms with van der Waals surface area (Å²) in [4.78, 5) is 11.3. The largest absolute Gasteiger partial charge is 0.355 e. The molecular weight excluding hydrogens is 219 g/mol.